The molecule has 3 heteroatoms. The summed E-state index contributed by atoms with van der Waals surface area (Å²) in [5, 5.41) is 6.02. The van der Waals surface area contributed by atoms with E-state index in [2.05, 4.69) is 41.6 Å². The first-order valence-electron chi connectivity index (χ1n) is 7.86. The third-order valence-corrected chi connectivity index (χ3v) is 5.79. The van der Waals surface area contributed by atoms with E-state index in [4.69, 9.17) is 0 Å². The molecule has 1 aromatic rings. The predicted molar refractivity (Wildman–Crippen MR) is 82.7 cm³/mol. The topological polar surface area (TPSA) is 15.3 Å². The summed E-state index contributed by atoms with van der Waals surface area (Å²) in [6, 6.07) is 6.61. The van der Waals surface area contributed by atoms with Gasteiger partial charge >= 0.3 is 0 Å². The lowest BCUT2D eigenvalue weighted by Gasteiger charge is -2.44. The van der Waals surface area contributed by atoms with E-state index in [-0.39, 0.29) is 0 Å². The summed E-state index contributed by atoms with van der Waals surface area (Å²) >= 11 is 1.92. The van der Waals surface area contributed by atoms with E-state index in [9.17, 15) is 0 Å². The molecule has 1 saturated carbocycles. The average molecular weight is 278 g/mol. The van der Waals surface area contributed by atoms with Crippen molar-refractivity contribution in [1.29, 1.82) is 0 Å². The monoisotopic (exact) mass is 278 g/mol. The zero-order valence-electron chi connectivity index (χ0n) is 12.1. The molecule has 0 bridgehead atoms. The van der Waals surface area contributed by atoms with Gasteiger partial charge in [-0.2, -0.15) is 0 Å². The Morgan fingerprint density at radius 1 is 1.42 bits per heavy atom. The molecule has 3 atom stereocenters. The lowest BCUT2D eigenvalue weighted by atomic mass is 9.99. The Labute approximate surface area is 121 Å². The molecule has 0 aromatic carbocycles. The normalized spacial score (nSPS) is 30.4. The van der Waals surface area contributed by atoms with Gasteiger partial charge in [0.1, 0.15) is 0 Å². The fraction of sp³-hybridized carbons (Fsp3) is 0.750. The van der Waals surface area contributed by atoms with Crippen LogP contribution in [-0.4, -0.2) is 30.1 Å². The molecule has 1 aliphatic carbocycles. The molecular formula is C16H26N2S. The number of piperazine rings is 1. The fourth-order valence-corrected chi connectivity index (χ4v) is 4.43. The van der Waals surface area contributed by atoms with Crippen LogP contribution in [0.5, 0.6) is 0 Å². The van der Waals surface area contributed by atoms with E-state index in [0.29, 0.717) is 12.1 Å². The Balaban J connectivity index is 1.76. The minimum absolute atomic E-state index is 0.633. The Kier molecular flexibility index (Phi) is 4.25. The van der Waals surface area contributed by atoms with Gasteiger partial charge in [-0.05, 0) is 43.0 Å². The van der Waals surface area contributed by atoms with Gasteiger partial charge in [-0.15, -0.1) is 11.3 Å². The Hall–Kier alpha value is -0.380. The van der Waals surface area contributed by atoms with Crippen LogP contribution in [-0.2, 0) is 0 Å². The second-order valence-corrected chi connectivity index (χ2v) is 7.03. The number of hydrogen-bond acceptors (Lipinski definition) is 3. The highest BCUT2D eigenvalue weighted by molar-refractivity contribution is 7.10. The van der Waals surface area contributed by atoms with Crippen LogP contribution in [0.3, 0.4) is 0 Å². The average Bonchev–Trinajstić information content (AvgIpc) is 3.17. The first-order chi connectivity index (χ1) is 9.33. The molecule has 2 aliphatic rings. The van der Waals surface area contributed by atoms with E-state index < -0.39 is 0 Å². The van der Waals surface area contributed by atoms with Gasteiger partial charge < -0.3 is 5.32 Å². The summed E-state index contributed by atoms with van der Waals surface area (Å²) in [7, 11) is 0. The zero-order chi connectivity index (χ0) is 13.2. The number of nitrogens with one attached hydrogen (secondary N) is 1. The quantitative estimate of drug-likeness (QED) is 0.884. The summed E-state index contributed by atoms with van der Waals surface area (Å²) in [5.41, 5.74) is 0. The van der Waals surface area contributed by atoms with Crippen LogP contribution in [0, 0.1) is 5.92 Å². The maximum Gasteiger partial charge on any atom is 0.0443 e. The van der Waals surface area contributed by atoms with E-state index >= 15 is 0 Å². The molecule has 1 N–H and O–H groups in total. The van der Waals surface area contributed by atoms with Crippen molar-refractivity contribution in [1.82, 2.24) is 10.2 Å². The van der Waals surface area contributed by atoms with Gasteiger partial charge in [-0.25, -0.2) is 0 Å². The molecule has 2 heterocycles. The molecule has 2 fully saturated rings. The zero-order valence-corrected chi connectivity index (χ0v) is 13.0. The lowest BCUT2D eigenvalue weighted by molar-refractivity contribution is 0.0720. The van der Waals surface area contributed by atoms with Crippen molar-refractivity contribution in [2.45, 2.75) is 57.7 Å². The molecule has 3 unspecified atom stereocenters. The molecule has 1 aromatic heterocycles. The van der Waals surface area contributed by atoms with Gasteiger partial charge in [-0.1, -0.05) is 19.9 Å². The molecule has 106 valence electrons. The maximum atomic E-state index is 3.80. The summed E-state index contributed by atoms with van der Waals surface area (Å²) in [6.07, 6.45) is 5.37. The van der Waals surface area contributed by atoms with Gasteiger partial charge in [-0.3, -0.25) is 4.90 Å². The van der Waals surface area contributed by atoms with Crippen molar-refractivity contribution in [3.05, 3.63) is 22.4 Å². The van der Waals surface area contributed by atoms with E-state index in [1.165, 1.54) is 38.8 Å². The highest BCUT2D eigenvalue weighted by Gasteiger charge is 2.38. The molecule has 1 saturated heterocycles. The number of thiophene rings is 1. The minimum Gasteiger partial charge on any atom is -0.311 e. The van der Waals surface area contributed by atoms with Crippen LogP contribution in [0.1, 0.15) is 50.4 Å². The smallest absolute Gasteiger partial charge is 0.0443 e. The predicted octanol–water partition coefficient (Wildman–Crippen LogP) is 3.66. The Morgan fingerprint density at radius 3 is 2.84 bits per heavy atom. The number of nitrogens with zero attached hydrogens (tertiary/aromatic N) is 1. The van der Waals surface area contributed by atoms with Crippen LogP contribution in [0.15, 0.2) is 17.5 Å². The van der Waals surface area contributed by atoms with Crippen LogP contribution >= 0.6 is 11.3 Å². The van der Waals surface area contributed by atoms with Gasteiger partial charge in [0.15, 0.2) is 0 Å². The Morgan fingerprint density at radius 2 is 2.26 bits per heavy atom. The SMILES string of the molecule is CCC1CNC(C2CC2)CN1C(CC)c1cccs1. The molecule has 1 aliphatic heterocycles. The molecular weight excluding hydrogens is 252 g/mol. The van der Waals surface area contributed by atoms with E-state index in [1.807, 2.05) is 11.3 Å². The summed E-state index contributed by atoms with van der Waals surface area (Å²) in [4.78, 5) is 4.35. The number of rotatable bonds is 5. The van der Waals surface area contributed by atoms with Crippen molar-refractivity contribution in [3.63, 3.8) is 0 Å². The number of hydrogen-bond donors (Lipinski definition) is 1. The summed E-state index contributed by atoms with van der Waals surface area (Å²) in [5.74, 6) is 0.959. The second kappa shape index (κ2) is 5.94. The summed E-state index contributed by atoms with van der Waals surface area (Å²) < 4.78 is 0. The van der Waals surface area contributed by atoms with Crippen LogP contribution < -0.4 is 5.32 Å². The summed E-state index contributed by atoms with van der Waals surface area (Å²) in [6.45, 7) is 7.10. The third kappa shape index (κ3) is 2.88. The van der Waals surface area contributed by atoms with Crippen molar-refractivity contribution < 1.29 is 0 Å². The van der Waals surface area contributed by atoms with Crippen molar-refractivity contribution in [2.24, 2.45) is 5.92 Å². The van der Waals surface area contributed by atoms with Crippen LogP contribution in [0.2, 0.25) is 0 Å². The van der Waals surface area contributed by atoms with Gasteiger partial charge in [0.2, 0.25) is 0 Å². The van der Waals surface area contributed by atoms with Crippen molar-refractivity contribution >= 4 is 11.3 Å². The van der Waals surface area contributed by atoms with Crippen molar-refractivity contribution in [3.8, 4) is 0 Å². The van der Waals surface area contributed by atoms with Gasteiger partial charge in [0.25, 0.3) is 0 Å². The Bertz CT molecular complexity index is 385. The molecule has 19 heavy (non-hydrogen) atoms. The molecule has 0 amide bonds. The minimum atomic E-state index is 0.633. The van der Waals surface area contributed by atoms with Crippen molar-refractivity contribution in [2.75, 3.05) is 13.1 Å². The highest BCUT2D eigenvalue weighted by atomic mass is 32.1. The van der Waals surface area contributed by atoms with Crippen LogP contribution in [0.25, 0.3) is 0 Å². The fourth-order valence-electron chi connectivity index (χ4n) is 3.50. The molecule has 0 spiro atoms. The molecule has 0 radical (unpaired) electrons. The van der Waals surface area contributed by atoms with E-state index in [1.54, 1.807) is 4.88 Å². The lowest BCUT2D eigenvalue weighted by Crippen LogP contribution is -2.57. The highest BCUT2D eigenvalue weighted by Crippen LogP contribution is 2.38. The molecule has 3 rings (SSSR count). The van der Waals surface area contributed by atoms with E-state index in [0.717, 1.165) is 12.0 Å². The third-order valence-electron chi connectivity index (χ3n) is 4.81. The molecule has 2 nitrogen and oxygen atoms in total. The van der Waals surface area contributed by atoms with Gasteiger partial charge in [0, 0.05) is 36.1 Å². The second-order valence-electron chi connectivity index (χ2n) is 6.05. The first-order valence-corrected chi connectivity index (χ1v) is 8.74. The maximum absolute atomic E-state index is 3.80. The van der Waals surface area contributed by atoms with Gasteiger partial charge in [0.05, 0.1) is 0 Å². The first kappa shape index (κ1) is 13.6. The van der Waals surface area contributed by atoms with Crippen LogP contribution in [0.4, 0.5) is 0 Å². The largest absolute Gasteiger partial charge is 0.311 e. The standard InChI is InChI=1S/C16H26N2S/c1-3-13-10-17-14(12-7-8-12)11-18(13)15(4-2)16-6-5-9-19-16/h5-6,9,12-15,17H,3-4,7-8,10-11H2,1-2H3.